The van der Waals surface area contributed by atoms with Crippen molar-refractivity contribution in [3.63, 3.8) is 0 Å². The summed E-state index contributed by atoms with van der Waals surface area (Å²) in [5, 5.41) is 2.74. The Morgan fingerprint density at radius 3 is 2.18 bits per heavy atom. The van der Waals surface area contributed by atoms with Crippen molar-refractivity contribution in [1.82, 2.24) is 5.32 Å². The van der Waals surface area contributed by atoms with E-state index >= 15 is 0 Å². The molecule has 1 aliphatic carbocycles. The number of quaternary nitrogens is 1. The molecule has 1 saturated carbocycles. The summed E-state index contributed by atoms with van der Waals surface area (Å²) in [4.78, 5) is 47.8. The van der Waals surface area contributed by atoms with Crippen LogP contribution < -0.4 is 20.5 Å². The number of amides is 1. The van der Waals surface area contributed by atoms with Gasteiger partial charge in [-0.25, -0.2) is 4.79 Å². The van der Waals surface area contributed by atoms with E-state index in [9.17, 15) is 19.2 Å². The molecule has 1 amide bonds. The first kappa shape index (κ1) is 29.4. The van der Waals surface area contributed by atoms with Gasteiger partial charge in [-0.3, -0.25) is 14.4 Å². The van der Waals surface area contributed by atoms with E-state index in [4.69, 9.17) is 14.2 Å². The Bertz CT molecular complexity index is 841. The summed E-state index contributed by atoms with van der Waals surface area (Å²) in [5.41, 5.74) is 4.58. The third-order valence-corrected chi connectivity index (χ3v) is 5.47. The highest BCUT2D eigenvalue weighted by atomic mass is 35.5. The van der Waals surface area contributed by atoms with Crippen LogP contribution in [0.25, 0.3) is 0 Å². The first-order valence-corrected chi connectivity index (χ1v) is 12.0. The second-order valence-electron chi connectivity index (χ2n) is 8.19. The molecular formula is C24H36ClN2O7+. The molecule has 1 aliphatic rings. The van der Waals surface area contributed by atoms with Gasteiger partial charge in [-0.15, -0.1) is 11.6 Å². The lowest BCUT2D eigenvalue weighted by Crippen LogP contribution is -2.69. The van der Waals surface area contributed by atoms with Crippen LogP contribution in [0.2, 0.25) is 0 Å². The molecule has 0 saturated heterocycles. The number of hydrogen-bond donors (Lipinski definition) is 2. The second-order valence-corrected chi connectivity index (χ2v) is 8.19. The van der Waals surface area contributed by atoms with Crippen molar-refractivity contribution in [2.75, 3.05) is 13.5 Å². The summed E-state index contributed by atoms with van der Waals surface area (Å²) in [6.07, 6.45) is 8.06. The Morgan fingerprint density at radius 1 is 1.03 bits per heavy atom. The monoisotopic (exact) mass is 499 g/mol. The molecule has 190 valence electrons. The fourth-order valence-corrected chi connectivity index (χ4v) is 3.95. The van der Waals surface area contributed by atoms with Crippen molar-refractivity contribution >= 4 is 35.4 Å². The second kappa shape index (κ2) is 15.3. The third kappa shape index (κ3) is 10.1. The first-order chi connectivity index (χ1) is 16.2. The molecular weight excluding hydrogens is 464 g/mol. The van der Waals surface area contributed by atoms with Gasteiger partial charge in [0.2, 0.25) is 0 Å². The van der Waals surface area contributed by atoms with E-state index in [1.165, 1.54) is 58.7 Å². The molecule has 0 bridgehead atoms. The van der Waals surface area contributed by atoms with Crippen LogP contribution in [-0.4, -0.2) is 49.4 Å². The van der Waals surface area contributed by atoms with Gasteiger partial charge in [0, 0.05) is 33.1 Å². The van der Waals surface area contributed by atoms with E-state index in [2.05, 4.69) is 22.7 Å². The molecule has 1 aromatic rings. The predicted octanol–water partition coefficient (Wildman–Crippen LogP) is 2.17. The van der Waals surface area contributed by atoms with Gasteiger partial charge in [0.05, 0.1) is 7.11 Å². The summed E-state index contributed by atoms with van der Waals surface area (Å²) in [5.74, 6) is -1.44. The number of esters is 3. The molecule has 1 fully saturated rings. The van der Waals surface area contributed by atoms with Crippen molar-refractivity contribution in [3.8, 4) is 11.5 Å². The maximum Gasteiger partial charge on any atom is 0.328 e. The van der Waals surface area contributed by atoms with E-state index in [0.717, 1.165) is 12.8 Å². The number of ether oxygens (including phenoxy) is 3. The Hall–Kier alpha value is -2.65. The van der Waals surface area contributed by atoms with Gasteiger partial charge >= 0.3 is 17.9 Å². The van der Waals surface area contributed by atoms with Crippen LogP contribution >= 0.6 is 11.6 Å². The van der Waals surface area contributed by atoms with Crippen molar-refractivity contribution in [2.24, 2.45) is 5.92 Å². The molecule has 2 atom stereocenters. The molecule has 0 aromatic heterocycles. The third-order valence-electron chi connectivity index (χ3n) is 5.47. The number of methoxy groups -OCH3 is 1. The Balaban J connectivity index is 0.00000281. The van der Waals surface area contributed by atoms with Crippen molar-refractivity contribution in [2.45, 2.75) is 70.9 Å². The molecule has 2 rings (SSSR count). The maximum atomic E-state index is 12.7. The first-order valence-electron chi connectivity index (χ1n) is 11.3. The van der Waals surface area contributed by atoms with Crippen LogP contribution in [0.3, 0.4) is 0 Å². The molecule has 0 aliphatic heterocycles. The van der Waals surface area contributed by atoms with E-state index in [-0.39, 0.29) is 23.8 Å². The van der Waals surface area contributed by atoms with Gasteiger partial charge in [-0.05, 0) is 23.6 Å². The molecule has 0 spiro atoms. The summed E-state index contributed by atoms with van der Waals surface area (Å²) < 4.78 is 15.0. The summed E-state index contributed by atoms with van der Waals surface area (Å²) >= 11 is 4.64. The fraction of sp³-hybridized carbons (Fsp3) is 0.583. The quantitative estimate of drug-likeness (QED) is 0.302. The zero-order chi connectivity index (χ0) is 25.7. The van der Waals surface area contributed by atoms with Gasteiger partial charge in [0.1, 0.15) is 6.04 Å². The summed E-state index contributed by atoms with van der Waals surface area (Å²) in [6, 6.07) is 3.18. The molecule has 9 nitrogen and oxygen atoms in total. The lowest BCUT2D eigenvalue weighted by Gasteiger charge is -2.24. The Morgan fingerprint density at radius 2 is 1.62 bits per heavy atom. The van der Waals surface area contributed by atoms with Crippen LogP contribution in [0.1, 0.15) is 57.9 Å². The molecule has 34 heavy (non-hydrogen) atoms. The van der Waals surface area contributed by atoms with E-state index in [1.54, 1.807) is 6.07 Å². The van der Waals surface area contributed by atoms with Crippen LogP contribution in [0.5, 0.6) is 11.5 Å². The van der Waals surface area contributed by atoms with Gasteiger partial charge in [-0.1, -0.05) is 38.2 Å². The van der Waals surface area contributed by atoms with Gasteiger partial charge in [-0.2, -0.15) is 0 Å². The number of alkyl halides is 1. The molecule has 0 heterocycles. The average molecular weight is 500 g/mol. The van der Waals surface area contributed by atoms with Crippen LogP contribution in [-0.2, 0) is 30.3 Å². The topological polar surface area (TPSA) is 136 Å². The normalized spacial score (nSPS) is 15.1. The number of nitrogens with one attached hydrogen (secondary N) is 1. The van der Waals surface area contributed by atoms with Crippen LogP contribution in [0.4, 0.5) is 0 Å². The Labute approximate surface area is 205 Å². The lowest BCUT2D eigenvalue weighted by molar-refractivity contribution is -0.407. The minimum atomic E-state index is -0.937. The van der Waals surface area contributed by atoms with Crippen molar-refractivity contribution in [3.05, 3.63) is 23.8 Å². The van der Waals surface area contributed by atoms with Crippen LogP contribution in [0, 0.1) is 5.92 Å². The largest absolute Gasteiger partial charge is 0.467 e. The molecule has 1 aromatic carbocycles. The zero-order valence-electron chi connectivity index (χ0n) is 20.4. The maximum absolute atomic E-state index is 12.7. The number of carbonyl (C=O) groups is 4. The minimum absolute atomic E-state index is 0.0486. The van der Waals surface area contributed by atoms with Gasteiger partial charge in [0.15, 0.2) is 17.5 Å². The minimum Gasteiger partial charge on any atom is -0.467 e. The number of carbonyl (C=O) groups excluding carboxylic acids is 4. The fourth-order valence-electron chi connectivity index (χ4n) is 3.95. The molecule has 0 radical (unpaired) electrons. The highest BCUT2D eigenvalue weighted by Gasteiger charge is 2.29. The summed E-state index contributed by atoms with van der Waals surface area (Å²) in [7, 11) is 1.25. The zero-order valence-corrected chi connectivity index (χ0v) is 21.1. The van der Waals surface area contributed by atoms with Gasteiger partial charge in [0.25, 0.3) is 5.91 Å². The summed E-state index contributed by atoms with van der Waals surface area (Å²) in [6.45, 7) is 2.46. The standard InChI is InChI=1S/C23H32N2O7.CH3Cl/c1-14(26)31-20-10-9-17(13-21(20)32-15(2)27)12-19(23(29)30-3)25-22(28)18(24)11-16-7-5-4-6-8-16;1-2/h9-10,13,16,18-19H,4-8,11-12,24H2,1-3H3,(H,25,28);1H3/p+1/t18-,19?;/m0./s1. The molecule has 1 unspecified atom stereocenters. The van der Waals surface area contributed by atoms with E-state index in [0.29, 0.717) is 17.9 Å². The lowest BCUT2D eigenvalue weighted by atomic mass is 9.85. The highest BCUT2D eigenvalue weighted by molar-refractivity contribution is 6.15. The number of rotatable bonds is 9. The molecule has 10 heteroatoms. The highest BCUT2D eigenvalue weighted by Crippen LogP contribution is 2.30. The smallest absolute Gasteiger partial charge is 0.328 e. The average Bonchev–Trinajstić information content (AvgIpc) is 2.81. The van der Waals surface area contributed by atoms with Gasteiger partial charge < -0.3 is 25.3 Å². The molecule has 4 N–H and O–H groups in total. The van der Waals surface area contributed by atoms with Crippen LogP contribution in [0.15, 0.2) is 18.2 Å². The Kier molecular flexibility index (Phi) is 13.2. The van der Waals surface area contributed by atoms with E-state index < -0.39 is 30.0 Å². The number of benzene rings is 1. The predicted molar refractivity (Wildman–Crippen MR) is 126 cm³/mol. The SMILES string of the molecule is CCl.COC(=O)C(Cc1ccc(OC(C)=O)c(OC(C)=O)c1)NC(=O)[C@@H]([NH3+])CC1CCCCC1. The van der Waals surface area contributed by atoms with Crippen molar-refractivity contribution < 1.29 is 39.1 Å². The van der Waals surface area contributed by atoms with E-state index in [1.807, 2.05) is 0 Å². The number of halogens is 1. The van der Waals surface area contributed by atoms with Crippen molar-refractivity contribution in [1.29, 1.82) is 0 Å². The number of hydrogen-bond acceptors (Lipinski definition) is 7.